The van der Waals surface area contributed by atoms with Crippen molar-refractivity contribution in [3.63, 3.8) is 0 Å². The Hall–Kier alpha value is -2.96. The molecule has 0 bridgehead atoms. The monoisotopic (exact) mass is 541 g/mol. The molecule has 2 heterocycles. The third-order valence-corrected chi connectivity index (χ3v) is 8.04. The van der Waals surface area contributed by atoms with Gasteiger partial charge in [0, 0.05) is 23.8 Å². The summed E-state index contributed by atoms with van der Waals surface area (Å²) in [5.74, 6) is 0.816. The van der Waals surface area contributed by atoms with Gasteiger partial charge in [0.1, 0.15) is 18.0 Å². The van der Waals surface area contributed by atoms with E-state index in [4.69, 9.17) is 9.47 Å². The van der Waals surface area contributed by atoms with Crippen molar-refractivity contribution < 1.29 is 27.4 Å². The number of halogens is 3. The van der Waals surface area contributed by atoms with E-state index in [0.717, 1.165) is 43.4 Å². The fourth-order valence-electron chi connectivity index (χ4n) is 6.25. The molecule has 1 saturated carbocycles. The number of rotatable bonds is 7. The lowest BCUT2D eigenvalue weighted by Crippen LogP contribution is -2.32. The number of hydrogen-bond donors (Lipinski definition) is 0. The molecule has 0 N–H and O–H groups in total. The van der Waals surface area contributed by atoms with Gasteiger partial charge < -0.3 is 14.4 Å². The molecule has 0 amide bonds. The van der Waals surface area contributed by atoms with Crippen molar-refractivity contribution in [2.45, 2.75) is 96.6 Å². The Morgan fingerprint density at radius 2 is 1.79 bits per heavy atom. The van der Waals surface area contributed by atoms with Crippen LogP contribution in [0.3, 0.4) is 0 Å². The zero-order valence-electron chi connectivity index (χ0n) is 23.0. The van der Waals surface area contributed by atoms with Gasteiger partial charge in [0.2, 0.25) is 0 Å². The third-order valence-electron chi connectivity index (χ3n) is 8.04. The zero-order valence-corrected chi connectivity index (χ0v) is 23.0. The third kappa shape index (κ3) is 6.62. The van der Waals surface area contributed by atoms with E-state index in [-0.39, 0.29) is 24.5 Å². The highest BCUT2D eigenvalue weighted by atomic mass is 19.4. The van der Waals surface area contributed by atoms with E-state index in [9.17, 15) is 18.0 Å². The summed E-state index contributed by atoms with van der Waals surface area (Å²) in [4.78, 5) is 14.6. The molecule has 4 nitrogen and oxygen atoms in total. The lowest BCUT2D eigenvalue weighted by molar-refractivity contribution is -0.155. The predicted octanol–water partition coefficient (Wildman–Crippen LogP) is 8.01. The number of fused-ring (bicyclic) bond motifs is 3. The van der Waals surface area contributed by atoms with Crippen LogP contribution in [0.25, 0.3) is 0 Å². The lowest BCUT2D eigenvalue weighted by atomic mass is 9.83. The van der Waals surface area contributed by atoms with Crippen LogP contribution in [-0.2, 0) is 35.2 Å². The van der Waals surface area contributed by atoms with E-state index >= 15 is 0 Å². The van der Waals surface area contributed by atoms with Crippen molar-refractivity contribution in [1.82, 2.24) is 0 Å². The second-order valence-electron chi connectivity index (χ2n) is 12.3. The molecular weight excluding hydrogens is 503 g/mol. The molecule has 0 saturated heterocycles. The van der Waals surface area contributed by atoms with E-state index in [0.29, 0.717) is 35.6 Å². The molecule has 5 rings (SSSR count). The van der Waals surface area contributed by atoms with Crippen LogP contribution in [0.4, 0.5) is 18.9 Å². The SMILES string of the molecule is CC(C)(C)OC(=O)CC1C=CN2c3ccc(OCc4ccc(CC5CCCCC5)c(C(F)(F)F)c4)cc3CC12. The minimum absolute atomic E-state index is 0.0598. The maximum atomic E-state index is 13.9. The molecule has 7 heteroatoms. The number of ether oxygens (including phenoxy) is 2. The number of alkyl halides is 3. The molecular formula is C32H38F3NO3. The first-order valence-corrected chi connectivity index (χ1v) is 14.1. The molecule has 2 unspecified atom stereocenters. The summed E-state index contributed by atoms with van der Waals surface area (Å²) >= 11 is 0. The van der Waals surface area contributed by atoms with E-state index in [1.54, 1.807) is 12.1 Å². The van der Waals surface area contributed by atoms with Crippen molar-refractivity contribution in [1.29, 1.82) is 0 Å². The molecule has 1 aliphatic carbocycles. The Labute approximate surface area is 229 Å². The summed E-state index contributed by atoms with van der Waals surface area (Å²) in [6.07, 6.45) is 6.71. The molecule has 2 aliphatic heterocycles. The Balaban J connectivity index is 1.23. The van der Waals surface area contributed by atoms with Crippen LogP contribution in [0.15, 0.2) is 48.7 Å². The van der Waals surface area contributed by atoms with Gasteiger partial charge in [0.05, 0.1) is 12.0 Å². The first-order chi connectivity index (χ1) is 18.5. The van der Waals surface area contributed by atoms with Crippen molar-refractivity contribution >= 4 is 11.7 Å². The van der Waals surface area contributed by atoms with Crippen molar-refractivity contribution in [3.05, 3.63) is 70.9 Å². The van der Waals surface area contributed by atoms with Crippen LogP contribution >= 0.6 is 0 Å². The zero-order chi connectivity index (χ0) is 27.8. The van der Waals surface area contributed by atoms with Gasteiger partial charge in [-0.25, -0.2) is 0 Å². The Morgan fingerprint density at radius 3 is 2.51 bits per heavy atom. The molecule has 1 fully saturated rings. The van der Waals surface area contributed by atoms with Gasteiger partial charge in [-0.2, -0.15) is 13.2 Å². The van der Waals surface area contributed by atoms with Crippen LogP contribution in [0.1, 0.15) is 81.5 Å². The molecule has 2 aromatic carbocycles. The van der Waals surface area contributed by atoms with E-state index in [2.05, 4.69) is 11.0 Å². The number of anilines is 1. The average molecular weight is 542 g/mol. The minimum Gasteiger partial charge on any atom is -0.489 e. The van der Waals surface area contributed by atoms with Crippen LogP contribution in [0, 0.1) is 11.8 Å². The first kappa shape index (κ1) is 27.6. The highest BCUT2D eigenvalue weighted by molar-refractivity contribution is 5.72. The second-order valence-corrected chi connectivity index (χ2v) is 12.3. The van der Waals surface area contributed by atoms with Gasteiger partial charge in [-0.05, 0) is 80.5 Å². The molecule has 210 valence electrons. The number of hydrogen-bond acceptors (Lipinski definition) is 4. The smallest absolute Gasteiger partial charge is 0.416 e. The summed E-state index contributed by atoms with van der Waals surface area (Å²) in [5, 5.41) is 0. The maximum absolute atomic E-state index is 13.9. The van der Waals surface area contributed by atoms with Crippen LogP contribution < -0.4 is 9.64 Å². The normalized spacial score (nSPS) is 21.1. The van der Waals surface area contributed by atoms with Gasteiger partial charge in [0.25, 0.3) is 0 Å². The minimum atomic E-state index is -4.39. The number of carbonyl (C=O) groups is 1. The Bertz CT molecular complexity index is 1220. The fraction of sp³-hybridized carbons (Fsp3) is 0.531. The molecule has 0 spiro atoms. The van der Waals surface area contributed by atoms with E-state index in [1.807, 2.05) is 45.2 Å². The van der Waals surface area contributed by atoms with Gasteiger partial charge in [-0.15, -0.1) is 0 Å². The molecule has 3 aliphatic rings. The number of benzene rings is 2. The molecule has 0 radical (unpaired) electrons. The van der Waals surface area contributed by atoms with Crippen LogP contribution in [-0.4, -0.2) is 17.6 Å². The maximum Gasteiger partial charge on any atom is 0.416 e. The largest absolute Gasteiger partial charge is 0.489 e. The number of carbonyl (C=O) groups excluding carboxylic acids is 1. The summed E-state index contributed by atoms with van der Waals surface area (Å²) in [7, 11) is 0. The average Bonchev–Trinajstić information content (AvgIpc) is 3.41. The quantitative estimate of drug-likeness (QED) is 0.333. The number of nitrogens with zero attached hydrogens (tertiary/aromatic N) is 1. The second kappa shape index (κ2) is 10.9. The van der Waals surface area contributed by atoms with Crippen molar-refractivity contribution in [2.75, 3.05) is 4.90 Å². The first-order valence-electron chi connectivity index (χ1n) is 14.1. The van der Waals surface area contributed by atoms with Gasteiger partial charge >= 0.3 is 12.1 Å². The summed E-state index contributed by atoms with van der Waals surface area (Å²) in [6, 6.07) is 10.6. The van der Waals surface area contributed by atoms with Crippen molar-refractivity contribution in [2.24, 2.45) is 11.8 Å². The molecule has 0 aromatic heterocycles. The molecule has 2 aromatic rings. The molecule has 39 heavy (non-hydrogen) atoms. The van der Waals surface area contributed by atoms with Gasteiger partial charge in [-0.3, -0.25) is 4.79 Å². The fourth-order valence-corrected chi connectivity index (χ4v) is 6.25. The highest BCUT2D eigenvalue weighted by Gasteiger charge is 2.38. The highest BCUT2D eigenvalue weighted by Crippen LogP contribution is 2.42. The van der Waals surface area contributed by atoms with E-state index < -0.39 is 17.3 Å². The Morgan fingerprint density at radius 1 is 1.03 bits per heavy atom. The number of esters is 1. The summed E-state index contributed by atoms with van der Waals surface area (Å²) < 4.78 is 53.2. The molecule has 2 atom stereocenters. The van der Waals surface area contributed by atoms with Crippen LogP contribution in [0.5, 0.6) is 5.75 Å². The summed E-state index contributed by atoms with van der Waals surface area (Å²) in [6.45, 7) is 5.67. The van der Waals surface area contributed by atoms with E-state index in [1.165, 1.54) is 12.5 Å². The Kier molecular flexibility index (Phi) is 7.71. The topological polar surface area (TPSA) is 38.8 Å². The van der Waals surface area contributed by atoms with Gasteiger partial charge in [-0.1, -0.05) is 50.3 Å². The van der Waals surface area contributed by atoms with Crippen molar-refractivity contribution in [3.8, 4) is 5.75 Å². The van der Waals surface area contributed by atoms with Gasteiger partial charge in [0.15, 0.2) is 0 Å². The van der Waals surface area contributed by atoms with Crippen LogP contribution in [0.2, 0.25) is 0 Å². The standard InChI is InChI=1S/C32H38F3NO3/c1-31(2,3)39-30(37)19-24-13-14-36-28-12-11-26(17-25(28)18-29(24)36)38-20-22-9-10-23(27(16-22)32(33,34)35)15-21-7-5-4-6-8-21/h9-14,16-17,21,24,29H,4-8,15,18-20H2,1-3H3. The lowest BCUT2D eigenvalue weighted by Gasteiger charge is -2.24. The predicted molar refractivity (Wildman–Crippen MR) is 146 cm³/mol. The summed E-state index contributed by atoms with van der Waals surface area (Å²) in [5.41, 5.74) is 2.03.